The Morgan fingerprint density at radius 1 is 1.32 bits per heavy atom. The Bertz CT molecular complexity index is 644. The smallest absolute Gasteiger partial charge is 0.320 e. The summed E-state index contributed by atoms with van der Waals surface area (Å²) in [6.07, 6.45) is 2.71. The second kappa shape index (κ2) is 6.82. The standard InChI is InChI=1S/C17H18ClNO2S/c18-14-5-3-4-12(10-14)16(13-7-9-22-11-13)19-8-2-1-6-15(19)17(20)21/h3-5,7,9-11,15-16H,1-2,6,8H2,(H,20,21). The van der Waals surface area contributed by atoms with Crippen LogP contribution >= 0.6 is 22.9 Å². The van der Waals surface area contributed by atoms with Gasteiger partial charge in [0.25, 0.3) is 0 Å². The minimum Gasteiger partial charge on any atom is -0.480 e. The number of carboxylic acid groups (broad SMARTS) is 1. The van der Waals surface area contributed by atoms with Crippen molar-refractivity contribution in [2.45, 2.75) is 31.3 Å². The molecule has 1 aromatic heterocycles. The first kappa shape index (κ1) is 15.5. The molecule has 0 saturated carbocycles. The van der Waals surface area contributed by atoms with Crippen LogP contribution < -0.4 is 0 Å². The van der Waals surface area contributed by atoms with E-state index in [9.17, 15) is 9.90 Å². The number of halogens is 1. The highest BCUT2D eigenvalue weighted by atomic mass is 35.5. The molecule has 0 amide bonds. The van der Waals surface area contributed by atoms with Crippen LogP contribution in [0, 0.1) is 0 Å². The maximum Gasteiger partial charge on any atom is 0.320 e. The minimum atomic E-state index is -0.734. The van der Waals surface area contributed by atoms with Crippen LogP contribution in [0.1, 0.15) is 36.4 Å². The van der Waals surface area contributed by atoms with Crippen molar-refractivity contribution in [3.63, 3.8) is 0 Å². The molecule has 1 aliphatic rings. The minimum absolute atomic E-state index is 0.0497. The van der Waals surface area contributed by atoms with E-state index in [1.807, 2.05) is 29.6 Å². The van der Waals surface area contributed by atoms with E-state index >= 15 is 0 Å². The molecule has 1 fully saturated rings. The highest BCUT2D eigenvalue weighted by Crippen LogP contribution is 2.35. The highest BCUT2D eigenvalue weighted by Gasteiger charge is 2.35. The highest BCUT2D eigenvalue weighted by molar-refractivity contribution is 7.08. The van der Waals surface area contributed by atoms with Crippen LogP contribution in [0.4, 0.5) is 0 Å². The predicted molar refractivity (Wildman–Crippen MR) is 89.6 cm³/mol. The molecule has 1 aromatic carbocycles. The zero-order valence-electron chi connectivity index (χ0n) is 12.1. The number of benzene rings is 1. The molecular weight excluding hydrogens is 318 g/mol. The van der Waals surface area contributed by atoms with Crippen LogP contribution in [-0.4, -0.2) is 28.6 Å². The number of hydrogen-bond donors (Lipinski definition) is 1. The fraction of sp³-hybridized carbons (Fsp3) is 0.353. The quantitative estimate of drug-likeness (QED) is 0.898. The zero-order valence-corrected chi connectivity index (χ0v) is 13.7. The second-order valence-corrected chi connectivity index (χ2v) is 6.82. The number of piperidine rings is 1. The van der Waals surface area contributed by atoms with E-state index in [4.69, 9.17) is 11.6 Å². The molecule has 5 heteroatoms. The third kappa shape index (κ3) is 3.19. The van der Waals surface area contributed by atoms with Gasteiger partial charge in [-0.15, -0.1) is 0 Å². The van der Waals surface area contributed by atoms with E-state index in [1.54, 1.807) is 11.3 Å². The van der Waals surface area contributed by atoms with Crippen LogP contribution in [0.25, 0.3) is 0 Å². The van der Waals surface area contributed by atoms with Gasteiger partial charge < -0.3 is 5.11 Å². The maximum atomic E-state index is 11.7. The lowest BCUT2D eigenvalue weighted by Crippen LogP contribution is -2.46. The Labute approximate surface area is 139 Å². The summed E-state index contributed by atoms with van der Waals surface area (Å²) in [5, 5.41) is 14.4. The number of rotatable bonds is 4. The van der Waals surface area contributed by atoms with Gasteiger partial charge in [0.05, 0.1) is 6.04 Å². The van der Waals surface area contributed by atoms with E-state index in [-0.39, 0.29) is 6.04 Å². The number of nitrogens with zero attached hydrogens (tertiary/aromatic N) is 1. The Kier molecular flexibility index (Phi) is 4.81. The molecule has 2 atom stereocenters. The summed E-state index contributed by atoms with van der Waals surface area (Å²) in [6, 6.07) is 9.34. The molecule has 2 unspecified atom stereocenters. The average molecular weight is 336 g/mol. The van der Waals surface area contributed by atoms with E-state index in [1.165, 1.54) is 0 Å². The van der Waals surface area contributed by atoms with Gasteiger partial charge in [-0.05, 0) is 59.5 Å². The topological polar surface area (TPSA) is 40.5 Å². The molecule has 2 heterocycles. The summed E-state index contributed by atoms with van der Waals surface area (Å²) >= 11 is 7.79. The molecule has 0 spiro atoms. The van der Waals surface area contributed by atoms with Gasteiger partial charge in [-0.2, -0.15) is 11.3 Å². The second-order valence-electron chi connectivity index (χ2n) is 5.60. The number of likely N-dealkylation sites (tertiary alicyclic amines) is 1. The number of carboxylic acids is 1. The van der Waals surface area contributed by atoms with Gasteiger partial charge in [0, 0.05) is 5.02 Å². The SMILES string of the molecule is O=C(O)C1CCCCN1C(c1ccsc1)c1cccc(Cl)c1. The monoisotopic (exact) mass is 335 g/mol. The average Bonchev–Trinajstić information content (AvgIpc) is 3.02. The van der Waals surface area contributed by atoms with Crippen molar-refractivity contribution in [1.29, 1.82) is 0 Å². The lowest BCUT2D eigenvalue weighted by molar-refractivity contribution is -0.145. The summed E-state index contributed by atoms with van der Waals surface area (Å²) in [6.45, 7) is 0.796. The fourth-order valence-electron chi connectivity index (χ4n) is 3.21. The Morgan fingerprint density at radius 3 is 2.86 bits per heavy atom. The van der Waals surface area contributed by atoms with Crippen LogP contribution in [0.2, 0.25) is 5.02 Å². The Hall–Kier alpha value is -1.36. The summed E-state index contributed by atoms with van der Waals surface area (Å²) in [5.41, 5.74) is 2.19. The molecule has 0 aliphatic carbocycles. The van der Waals surface area contributed by atoms with Crippen LogP contribution in [0.15, 0.2) is 41.1 Å². The third-order valence-electron chi connectivity index (χ3n) is 4.18. The van der Waals surface area contributed by atoms with Gasteiger partial charge in [-0.1, -0.05) is 30.2 Å². The summed E-state index contributed by atoms with van der Waals surface area (Å²) in [7, 11) is 0. The normalized spacial score (nSPS) is 20.7. The largest absolute Gasteiger partial charge is 0.480 e. The van der Waals surface area contributed by atoms with E-state index in [0.717, 1.165) is 30.5 Å². The van der Waals surface area contributed by atoms with Crippen molar-refractivity contribution in [2.24, 2.45) is 0 Å². The molecule has 1 N–H and O–H groups in total. The lowest BCUT2D eigenvalue weighted by Gasteiger charge is -2.39. The molecule has 3 nitrogen and oxygen atoms in total. The lowest BCUT2D eigenvalue weighted by atomic mass is 9.93. The first-order chi connectivity index (χ1) is 10.7. The molecule has 1 saturated heterocycles. The Balaban J connectivity index is 2.03. The molecule has 2 aromatic rings. The number of hydrogen-bond acceptors (Lipinski definition) is 3. The predicted octanol–water partition coefficient (Wildman–Crippen LogP) is 4.43. The van der Waals surface area contributed by atoms with Crippen molar-refractivity contribution in [2.75, 3.05) is 6.54 Å². The van der Waals surface area contributed by atoms with E-state index in [2.05, 4.69) is 16.3 Å². The summed E-state index contributed by atoms with van der Waals surface area (Å²) in [4.78, 5) is 13.8. The molecule has 0 bridgehead atoms. The van der Waals surface area contributed by atoms with Gasteiger partial charge in [0.1, 0.15) is 6.04 Å². The molecule has 1 aliphatic heterocycles. The Morgan fingerprint density at radius 2 is 2.18 bits per heavy atom. The van der Waals surface area contributed by atoms with Gasteiger partial charge >= 0.3 is 5.97 Å². The van der Waals surface area contributed by atoms with Gasteiger partial charge in [-0.25, -0.2) is 0 Å². The first-order valence-electron chi connectivity index (χ1n) is 7.43. The maximum absolute atomic E-state index is 11.7. The summed E-state index contributed by atoms with van der Waals surface area (Å²) < 4.78 is 0. The first-order valence-corrected chi connectivity index (χ1v) is 8.75. The van der Waals surface area contributed by atoms with Crippen molar-refractivity contribution < 1.29 is 9.90 Å². The summed E-state index contributed by atoms with van der Waals surface area (Å²) in [5.74, 6) is -0.734. The van der Waals surface area contributed by atoms with Crippen LogP contribution in [0.5, 0.6) is 0 Å². The van der Waals surface area contributed by atoms with Crippen molar-refractivity contribution in [1.82, 2.24) is 4.90 Å². The molecule has 3 rings (SSSR count). The van der Waals surface area contributed by atoms with Crippen molar-refractivity contribution >= 4 is 28.9 Å². The van der Waals surface area contributed by atoms with Crippen molar-refractivity contribution in [3.8, 4) is 0 Å². The number of aliphatic carboxylic acids is 1. The molecule has 0 radical (unpaired) electrons. The molecular formula is C17H18ClNO2S. The third-order valence-corrected chi connectivity index (χ3v) is 5.12. The number of thiophene rings is 1. The van der Waals surface area contributed by atoms with Crippen molar-refractivity contribution in [3.05, 3.63) is 57.2 Å². The van der Waals surface area contributed by atoms with E-state index < -0.39 is 12.0 Å². The van der Waals surface area contributed by atoms with Gasteiger partial charge in [-0.3, -0.25) is 9.69 Å². The van der Waals surface area contributed by atoms with E-state index in [0.29, 0.717) is 11.4 Å². The molecule has 116 valence electrons. The van der Waals surface area contributed by atoms with Gasteiger partial charge in [0.15, 0.2) is 0 Å². The molecule has 22 heavy (non-hydrogen) atoms. The fourth-order valence-corrected chi connectivity index (χ4v) is 4.09. The zero-order chi connectivity index (χ0) is 15.5. The van der Waals surface area contributed by atoms with Crippen LogP contribution in [-0.2, 0) is 4.79 Å². The van der Waals surface area contributed by atoms with Crippen LogP contribution in [0.3, 0.4) is 0 Å². The number of carbonyl (C=O) groups is 1. The van der Waals surface area contributed by atoms with Gasteiger partial charge in [0.2, 0.25) is 0 Å².